The largest absolute Gasteiger partial charge is 0.345 e. The first-order valence-corrected chi connectivity index (χ1v) is 5.21. The van der Waals surface area contributed by atoms with E-state index in [1.54, 1.807) is 25.9 Å². The molecule has 5 nitrogen and oxygen atoms in total. The van der Waals surface area contributed by atoms with Crippen LogP contribution >= 0.6 is 0 Å². The van der Waals surface area contributed by atoms with Crippen molar-refractivity contribution in [3.63, 3.8) is 0 Å². The van der Waals surface area contributed by atoms with Gasteiger partial charge >= 0.3 is 0 Å². The molecule has 0 spiro atoms. The molecule has 0 aliphatic carbocycles. The van der Waals surface area contributed by atoms with E-state index in [9.17, 15) is 9.59 Å². The Kier molecular flexibility index (Phi) is 6.70. The molecule has 15 heavy (non-hydrogen) atoms. The van der Waals surface area contributed by atoms with Crippen LogP contribution in [-0.4, -0.2) is 49.9 Å². The highest BCUT2D eigenvalue weighted by Crippen LogP contribution is 1.92. The molecule has 0 aromatic heterocycles. The van der Waals surface area contributed by atoms with Crippen molar-refractivity contribution in [2.24, 2.45) is 0 Å². The fraction of sp³-hybridized carbons (Fsp3) is 0.800. The summed E-state index contributed by atoms with van der Waals surface area (Å²) in [7, 11) is 3.51. The zero-order valence-electron chi connectivity index (χ0n) is 9.96. The third-order valence-electron chi connectivity index (χ3n) is 2.20. The second kappa shape index (κ2) is 7.23. The van der Waals surface area contributed by atoms with E-state index in [1.807, 2.05) is 6.92 Å². The molecule has 1 unspecified atom stereocenters. The quantitative estimate of drug-likeness (QED) is 0.632. The van der Waals surface area contributed by atoms with Crippen molar-refractivity contribution in [1.82, 2.24) is 15.5 Å². The summed E-state index contributed by atoms with van der Waals surface area (Å²) in [5, 5.41) is 5.54. The Morgan fingerprint density at radius 2 is 2.00 bits per heavy atom. The van der Waals surface area contributed by atoms with Gasteiger partial charge < -0.3 is 15.5 Å². The lowest BCUT2D eigenvalue weighted by atomic mass is 10.2. The summed E-state index contributed by atoms with van der Waals surface area (Å²) in [6.45, 7) is 4.87. The normalized spacial score (nSPS) is 12.0. The van der Waals surface area contributed by atoms with Gasteiger partial charge in [0.25, 0.3) is 0 Å². The molecule has 0 rings (SSSR count). The Balaban J connectivity index is 3.96. The van der Waals surface area contributed by atoms with Crippen molar-refractivity contribution in [2.45, 2.75) is 26.3 Å². The van der Waals surface area contributed by atoms with E-state index in [0.29, 0.717) is 19.5 Å². The van der Waals surface area contributed by atoms with Crippen LogP contribution in [0.1, 0.15) is 20.3 Å². The molecule has 0 aliphatic rings. The lowest BCUT2D eigenvalue weighted by molar-refractivity contribution is -0.134. The van der Waals surface area contributed by atoms with E-state index >= 15 is 0 Å². The molecule has 0 aromatic carbocycles. The highest BCUT2D eigenvalue weighted by atomic mass is 16.2. The number of likely N-dealkylation sites (N-methyl/N-ethyl adjacent to an activating group) is 1. The average molecular weight is 215 g/mol. The molecule has 0 saturated carbocycles. The Bertz CT molecular complexity index is 219. The van der Waals surface area contributed by atoms with Gasteiger partial charge in [-0.05, 0) is 20.9 Å². The monoisotopic (exact) mass is 215 g/mol. The van der Waals surface area contributed by atoms with Crippen LogP contribution in [-0.2, 0) is 9.59 Å². The maximum absolute atomic E-state index is 11.6. The summed E-state index contributed by atoms with van der Waals surface area (Å²) in [4.78, 5) is 24.5. The van der Waals surface area contributed by atoms with Crippen LogP contribution in [0.3, 0.4) is 0 Å². The van der Waals surface area contributed by atoms with Gasteiger partial charge in [-0.25, -0.2) is 0 Å². The molecular formula is C10H21N3O2. The third kappa shape index (κ3) is 5.37. The van der Waals surface area contributed by atoms with Gasteiger partial charge in [-0.2, -0.15) is 0 Å². The van der Waals surface area contributed by atoms with Crippen LogP contribution in [0.2, 0.25) is 0 Å². The number of hydrogen-bond acceptors (Lipinski definition) is 3. The first-order chi connectivity index (χ1) is 7.02. The van der Waals surface area contributed by atoms with E-state index in [1.165, 1.54) is 0 Å². The van der Waals surface area contributed by atoms with Gasteiger partial charge in [0.15, 0.2) is 0 Å². The number of nitrogens with zero attached hydrogens (tertiary/aromatic N) is 1. The van der Waals surface area contributed by atoms with Crippen molar-refractivity contribution in [2.75, 3.05) is 27.2 Å². The van der Waals surface area contributed by atoms with Gasteiger partial charge in [0.1, 0.15) is 6.04 Å². The number of amides is 2. The maximum Gasteiger partial charge on any atom is 0.244 e. The second-order valence-electron chi connectivity index (χ2n) is 3.50. The summed E-state index contributed by atoms with van der Waals surface area (Å²) in [6.07, 6.45) is 0.393. The van der Waals surface area contributed by atoms with E-state index in [2.05, 4.69) is 10.6 Å². The molecule has 0 saturated heterocycles. The standard InChI is InChI=1S/C10H21N3O2/c1-5-13(4)10(15)8(2)12-9(14)6-7-11-3/h8,11H,5-7H2,1-4H3,(H,12,14). The molecule has 0 aliphatic heterocycles. The predicted octanol–water partition coefficient (Wildman–Crippen LogP) is -0.421. The van der Waals surface area contributed by atoms with Gasteiger partial charge in [0.2, 0.25) is 11.8 Å². The number of rotatable bonds is 6. The van der Waals surface area contributed by atoms with Gasteiger partial charge in [-0.3, -0.25) is 9.59 Å². The Morgan fingerprint density at radius 3 is 2.47 bits per heavy atom. The number of hydrogen-bond donors (Lipinski definition) is 2. The highest BCUT2D eigenvalue weighted by Gasteiger charge is 2.17. The van der Waals surface area contributed by atoms with Gasteiger partial charge in [-0.15, -0.1) is 0 Å². The maximum atomic E-state index is 11.6. The lowest BCUT2D eigenvalue weighted by Crippen LogP contribution is -2.45. The number of nitrogens with one attached hydrogen (secondary N) is 2. The van der Waals surface area contributed by atoms with Gasteiger partial charge in [0.05, 0.1) is 0 Å². The minimum atomic E-state index is -0.445. The summed E-state index contributed by atoms with van der Waals surface area (Å²) in [5.74, 6) is -0.162. The molecular weight excluding hydrogens is 194 g/mol. The average Bonchev–Trinajstić information content (AvgIpc) is 2.23. The van der Waals surface area contributed by atoms with E-state index in [4.69, 9.17) is 0 Å². The van der Waals surface area contributed by atoms with Crippen molar-refractivity contribution in [3.05, 3.63) is 0 Å². The van der Waals surface area contributed by atoms with Crippen LogP contribution in [0.15, 0.2) is 0 Å². The van der Waals surface area contributed by atoms with Crippen LogP contribution in [0.4, 0.5) is 0 Å². The van der Waals surface area contributed by atoms with Gasteiger partial charge in [0, 0.05) is 26.6 Å². The summed E-state index contributed by atoms with van der Waals surface area (Å²) < 4.78 is 0. The van der Waals surface area contributed by atoms with Crippen molar-refractivity contribution < 1.29 is 9.59 Å². The molecule has 1 atom stereocenters. The fourth-order valence-corrected chi connectivity index (χ4v) is 1.10. The minimum Gasteiger partial charge on any atom is -0.345 e. The molecule has 0 aromatic rings. The zero-order valence-corrected chi connectivity index (χ0v) is 9.96. The molecule has 0 fully saturated rings. The summed E-state index contributed by atoms with van der Waals surface area (Å²) in [5.41, 5.74) is 0. The van der Waals surface area contributed by atoms with E-state index in [0.717, 1.165) is 0 Å². The topological polar surface area (TPSA) is 61.4 Å². The van der Waals surface area contributed by atoms with Crippen molar-refractivity contribution in [1.29, 1.82) is 0 Å². The highest BCUT2D eigenvalue weighted by molar-refractivity contribution is 5.87. The third-order valence-corrected chi connectivity index (χ3v) is 2.20. The van der Waals surface area contributed by atoms with Crippen LogP contribution in [0.25, 0.3) is 0 Å². The smallest absolute Gasteiger partial charge is 0.244 e. The molecule has 0 radical (unpaired) electrons. The van der Waals surface area contributed by atoms with E-state index in [-0.39, 0.29) is 11.8 Å². The van der Waals surface area contributed by atoms with Gasteiger partial charge in [-0.1, -0.05) is 0 Å². The van der Waals surface area contributed by atoms with Crippen molar-refractivity contribution in [3.8, 4) is 0 Å². The number of carbonyl (C=O) groups is 2. The van der Waals surface area contributed by atoms with Crippen molar-refractivity contribution >= 4 is 11.8 Å². The first kappa shape index (κ1) is 13.9. The molecule has 0 bridgehead atoms. The summed E-state index contributed by atoms with van der Waals surface area (Å²) >= 11 is 0. The molecule has 2 N–H and O–H groups in total. The van der Waals surface area contributed by atoms with Crippen LogP contribution < -0.4 is 10.6 Å². The predicted molar refractivity (Wildman–Crippen MR) is 59.5 cm³/mol. The molecule has 2 amide bonds. The minimum absolute atomic E-state index is 0.0599. The lowest BCUT2D eigenvalue weighted by Gasteiger charge is -2.20. The molecule has 0 heterocycles. The number of carbonyl (C=O) groups excluding carboxylic acids is 2. The SMILES string of the molecule is CCN(C)C(=O)C(C)NC(=O)CCNC. The van der Waals surface area contributed by atoms with E-state index < -0.39 is 6.04 Å². The Hall–Kier alpha value is -1.10. The Labute approximate surface area is 91.2 Å². The summed E-state index contributed by atoms with van der Waals surface area (Å²) in [6, 6.07) is -0.445. The Morgan fingerprint density at radius 1 is 1.40 bits per heavy atom. The second-order valence-corrected chi connectivity index (χ2v) is 3.50. The van der Waals surface area contributed by atoms with Crippen LogP contribution in [0.5, 0.6) is 0 Å². The molecule has 88 valence electrons. The molecule has 5 heteroatoms. The zero-order chi connectivity index (χ0) is 11.8. The van der Waals surface area contributed by atoms with Crippen LogP contribution in [0, 0.1) is 0 Å². The first-order valence-electron chi connectivity index (χ1n) is 5.21. The fourth-order valence-electron chi connectivity index (χ4n) is 1.10.